The molecule has 0 saturated carbocycles. The van der Waals surface area contributed by atoms with Crippen molar-refractivity contribution in [1.29, 1.82) is 0 Å². The summed E-state index contributed by atoms with van der Waals surface area (Å²) in [6.45, 7) is 2.06. The second kappa shape index (κ2) is 4.47. The summed E-state index contributed by atoms with van der Waals surface area (Å²) in [5, 5.41) is 4.65. The first-order chi connectivity index (χ1) is 9.26. The molecule has 0 N–H and O–H groups in total. The smallest absolute Gasteiger partial charge is 0.129 e. The van der Waals surface area contributed by atoms with E-state index >= 15 is 0 Å². The highest BCUT2D eigenvalue weighted by Crippen LogP contribution is 2.36. The van der Waals surface area contributed by atoms with Crippen molar-refractivity contribution in [3.63, 3.8) is 0 Å². The summed E-state index contributed by atoms with van der Waals surface area (Å²) in [4.78, 5) is 0. The van der Waals surface area contributed by atoms with Gasteiger partial charge >= 0.3 is 0 Å². The van der Waals surface area contributed by atoms with Crippen molar-refractivity contribution in [3.8, 4) is 11.5 Å². The van der Waals surface area contributed by atoms with Crippen LogP contribution < -0.4 is 9.47 Å². The highest BCUT2D eigenvalue weighted by molar-refractivity contribution is 6.11. The molecule has 0 atom stereocenters. The molecule has 0 fully saturated rings. The SMILES string of the molecule is COc1cccc2c1ccc1c(OC)c(C)ccc12. The summed E-state index contributed by atoms with van der Waals surface area (Å²) < 4.78 is 11.0. The van der Waals surface area contributed by atoms with Crippen LogP contribution in [0.15, 0.2) is 42.5 Å². The molecule has 3 aromatic rings. The second-order valence-corrected chi connectivity index (χ2v) is 4.63. The van der Waals surface area contributed by atoms with Crippen molar-refractivity contribution in [1.82, 2.24) is 0 Å². The largest absolute Gasteiger partial charge is 0.496 e. The van der Waals surface area contributed by atoms with Gasteiger partial charge in [0.15, 0.2) is 0 Å². The third kappa shape index (κ3) is 1.72. The highest BCUT2D eigenvalue weighted by atomic mass is 16.5. The Balaban J connectivity index is 2.48. The minimum Gasteiger partial charge on any atom is -0.496 e. The van der Waals surface area contributed by atoms with Crippen LogP contribution in [-0.2, 0) is 0 Å². The number of aryl methyl sites for hydroxylation is 1. The van der Waals surface area contributed by atoms with Crippen molar-refractivity contribution in [3.05, 3.63) is 48.0 Å². The Kier molecular flexibility index (Phi) is 2.79. The third-order valence-corrected chi connectivity index (χ3v) is 3.59. The van der Waals surface area contributed by atoms with Crippen LogP contribution >= 0.6 is 0 Å². The van der Waals surface area contributed by atoms with E-state index in [2.05, 4.69) is 37.3 Å². The van der Waals surface area contributed by atoms with Crippen LogP contribution in [0.5, 0.6) is 11.5 Å². The Morgan fingerprint density at radius 1 is 0.684 bits per heavy atom. The quantitative estimate of drug-likeness (QED) is 0.632. The maximum absolute atomic E-state index is 5.53. The predicted octanol–water partition coefficient (Wildman–Crippen LogP) is 4.32. The normalized spacial score (nSPS) is 10.9. The molecule has 0 heterocycles. The molecule has 0 aliphatic heterocycles. The van der Waals surface area contributed by atoms with Gasteiger partial charge in [0.25, 0.3) is 0 Å². The molecule has 0 radical (unpaired) electrons. The maximum atomic E-state index is 5.53. The fourth-order valence-electron chi connectivity index (χ4n) is 2.68. The first-order valence-electron chi connectivity index (χ1n) is 6.29. The summed E-state index contributed by atoms with van der Waals surface area (Å²) in [5.74, 6) is 1.85. The third-order valence-electron chi connectivity index (χ3n) is 3.59. The molecule has 0 aliphatic carbocycles. The summed E-state index contributed by atoms with van der Waals surface area (Å²) >= 11 is 0. The van der Waals surface area contributed by atoms with Crippen LogP contribution in [0.4, 0.5) is 0 Å². The van der Waals surface area contributed by atoms with Gasteiger partial charge in [0, 0.05) is 10.8 Å². The molecule has 0 bridgehead atoms. The zero-order valence-corrected chi connectivity index (χ0v) is 11.4. The first kappa shape index (κ1) is 11.8. The Hall–Kier alpha value is -2.22. The molecule has 19 heavy (non-hydrogen) atoms. The Bertz CT molecular complexity index is 760. The van der Waals surface area contributed by atoms with Crippen LogP contribution in [0, 0.1) is 6.92 Å². The van der Waals surface area contributed by atoms with Crippen molar-refractivity contribution in [2.45, 2.75) is 6.92 Å². The lowest BCUT2D eigenvalue weighted by molar-refractivity contribution is 0.416. The molecule has 0 spiro atoms. The summed E-state index contributed by atoms with van der Waals surface area (Å²) in [7, 11) is 3.42. The number of hydrogen-bond donors (Lipinski definition) is 0. The number of hydrogen-bond acceptors (Lipinski definition) is 2. The van der Waals surface area contributed by atoms with E-state index in [9.17, 15) is 0 Å². The van der Waals surface area contributed by atoms with Gasteiger partial charge in [-0.25, -0.2) is 0 Å². The zero-order valence-electron chi connectivity index (χ0n) is 11.4. The van der Waals surface area contributed by atoms with E-state index in [1.165, 1.54) is 10.8 Å². The van der Waals surface area contributed by atoms with Gasteiger partial charge in [-0.05, 0) is 41.5 Å². The topological polar surface area (TPSA) is 18.5 Å². The van der Waals surface area contributed by atoms with E-state index in [-0.39, 0.29) is 0 Å². The number of rotatable bonds is 2. The van der Waals surface area contributed by atoms with Crippen LogP contribution in [0.2, 0.25) is 0 Å². The highest BCUT2D eigenvalue weighted by Gasteiger charge is 2.09. The Morgan fingerprint density at radius 2 is 1.37 bits per heavy atom. The molecule has 2 heteroatoms. The van der Waals surface area contributed by atoms with E-state index in [1.807, 2.05) is 12.1 Å². The number of methoxy groups -OCH3 is 2. The van der Waals surface area contributed by atoms with Gasteiger partial charge in [-0.1, -0.05) is 24.3 Å². The van der Waals surface area contributed by atoms with Gasteiger partial charge in [-0.15, -0.1) is 0 Å². The predicted molar refractivity (Wildman–Crippen MR) is 79.3 cm³/mol. The molecule has 2 nitrogen and oxygen atoms in total. The summed E-state index contributed by atoms with van der Waals surface area (Å²) in [6, 6.07) is 14.6. The zero-order chi connectivity index (χ0) is 13.4. The number of ether oxygens (including phenoxy) is 2. The van der Waals surface area contributed by atoms with Gasteiger partial charge < -0.3 is 9.47 Å². The van der Waals surface area contributed by atoms with E-state index in [4.69, 9.17) is 9.47 Å². The number of fused-ring (bicyclic) bond motifs is 3. The molecule has 96 valence electrons. The standard InChI is InChI=1S/C17H16O2/c1-11-7-8-13-12-5-4-6-16(18-2)14(12)9-10-15(13)17(11)19-3/h4-10H,1-3H3. The molecule has 3 aromatic carbocycles. The molecule has 0 aliphatic rings. The van der Waals surface area contributed by atoms with Crippen molar-refractivity contribution < 1.29 is 9.47 Å². The van der Waals surface area contributed by atoms with Gasteiger partial charge in [-0.3, -0.25) is 0 Å². The molecular formula is C17H16O2. The molecule has 0 aromatic heterocycles. The second-order valence-electron chi connectivity index (χ2n) is 4.63. The Labute approximate surface area is 112 Å². The van der Waals surface area contributed by atoms with E-state index in [0.717, 1.165) is 27.8 Å². The molecular weight excluding hydrogens is 236 g/mol. The van der Waals surface area contributed by atoms with E-state index in [0.29, 0.717) is 0 Å². The molecule has 0 saturated heterocycles. The van der Waals surface area contributed by atoms with Crippen molar-refractivity contribution >= 4 is 21.5 Å². The van der Waals surface area contributed by atoms with Crippen LogP contribution in [-0.4, -0.2) is 14.2 Å². The monoisotopic (exact) mass is 252 g/mol. The molecule has 0 amide bonds. The van der Waals surface area contributed by atoms with Gasteiger partial charge in [0.2, 0.25) is 0 Å². The van der Waals surface area contributed by atoms with Crippen LogP contribution in [0.25, 0.3) is 21.5 Å². The number of benzene rings is 3. The van der Waals surface area contributed by atoms with Gasteiger partial charge in [0.1, 0.15) is 11.5 Å². The minimum atomic E-state index is 0.902. The van der Waals surface area contributed by atoms with Crippen molar-refractivity contribution in [2.24, 2.45) is 0 Å². The maximum Gasteiger partial charge on any atom is 0.129 e. The first-order valence-corrected chi connectivity index (χ1v) is 6.29. The average Bonchev–Trinajstić information content (AvgIpc) is 2.45. The fraction of sp³-hybridized carbons (Fsp3) is 0.176. The summed E-state index contributed by atoms with van der Waals surface area (Å²) in [5.41, 5.74) is 1.15. The molecule has 0 unspecified atom stereocenters. The lowest BCUT2D eigenvalue weighted by atomic mass is 9.99. The van der Waals surface area contributed by atoms with Gasteiger partial charge in [0.05, 0.1) is 14.2 Å². The van der Waals surface area contributed by atoms with E-state index in [1.54, 1.807) is 14.2 Å². The van der Waals surface area contributed by atoms with Crippen LogP contribution in [0.1, 0.15) is 5.56 Å². The Morgan fingerprint density at radius 3 is 2.11 bits per heavy atom. The fourth-order valence-corrected chi connectivity index (χ4v) is 2.68. The lowest BCUT2D eigenvalue weighted by Gasteiger charge is -2.12. The average molecular weight is 252 g/mol. The summed E-state index contributed by atoms with van der Waals surface area (Å²) in [6.07, 6.45) is 0. The minimum absolute atomic E-state index is 0.902. The van der Waals surface area contributed by atoms with Crippen LogP contribution in [0.3, 0.4) is 0 Å². The lowest BCUT2D eigenvalue weighted by Crippen LogP contribution is -1.90. The molecule has 3 rings (SSSR count). The van der Waals surface area contributed by atoms with Gasteiger partial charge in [-0.2, -0.15) is 0 Å². The van der Waals surface area contributed by atoms with E-state index < -0.39 is 0 Å². The van der Waals surface area contributed by atoms with Crippen molar-refractivity contribution in [2.75, 3.05) is 14.2 Å².